The molecule has 0 radical (unpaired) electrons. The molecule has 4 heterocycles. The van der Waals surface area contributed by atoms with Gasteiger partial charge in [-0.1, -0.05) is 54.6 Å². The summed E-state index contributed by atoms with van der Waals surface area (Å²) in [5.74, 6) is 1.69. The van der Waals surface area contributed by atoms with Gasteiger partial charge in [-0.15, -0.1) is 10.2 Å². The Labute approximate surface area is 255 Å². The van der Waals surface area contributed by atoms with Crippen LogP contribution in [0.25, 0.3) is 21.8 Å². The number of carbonyl (C=O) groups excluding carboxylic acids is 1. The van der Waals surface area contributed by atoms with E-state index in [1.807, 2.05) is 48.7 Å². The predicted octanol–water partition coefficient (Wildman–Crippen LogP) is 5.10. The molecule has 0 aliphatic carbocycles. The van der Waals surface area contributed by atoms with Crippen LogP contribution >= 0.6 is 0 Å². The molecule has 1 atom stereocenters. The number of aromatic nitrogens is 5. The Morgan fingerprint density at radius 3 is 2.61 bits per heavy atom. The molecule has 0 unspecified atom stereocenters. The van der Waals surface area contributed by atoms with Gasteiger partial charge in [0, 0.05) is 53.3 Å². The van der Waals surface area contributed by atoms with Gasteiger partial charge in [-0.25, -0.2) is 0 Å². The van der Waals surface area contributed by atoms with E-state index in [4.69, 9.17) is 10.2 Å². The minimum absolute atomic E-state index is 0.0739. The molecule has 0 bridgehead atoms. The lowest BCUT2D eigenvalue weighted by Crippen LogP contribution is -2.35. The van der Waals surface area contributed by atoms with Crippen molar-refractivity contribution in [2.75, 3.05) is 13.1 Å². The smallest absolute Gasteiger partial charge is 0.247 e. The quantitative estimate of drug-likeness (QED) is 0.153. The van der Waals surface area contributed by atoms with Gasteiger partial charge in [-0.2, -0.15) is 0 Å². The Bertz CT molecular complexity index is 1910. The Kier molecular flexibility index (Phi) is 7.69. The van der Waals surface area contributed by atoms with Crippen LogP contribution in [0.2, 0.25) is 0 Å². The van der Waals surface area contributed by atoms with E-state index in [1.54, 1.807) is 12.1 Å². The number of aryl methyl sites for hydroxylation is 2. The van der Waals surface area contributed by atoms with Crippen LogP contribution in [0.3, 0.4) is 0 Å². The molecule has 222 valence electrons. The highest BCUT2D eigenvalue weighted by atomic mass is 16.3. The Morgan fingerprint density at radius 2 is 1.80 bits per heavy atom. The van der Waals surface area contributed by atoms with Crippen LogP contribution in [-0.2, 0) is 30.6 Å². The van der Waals surface area contributed by atoms with E-state index < -0.39 is 6.04 Å². The number of carbonyl (C=O) groups is 1. The number of H-pyrrole nitrogens is 2. The Morgan fingerprint density at radius 1 is 0.977 bits per heavy atom. The number of phenols is 1. The van der Waals surface area contributed by atoms with Crippen molar-refractivity contribution < 1.29 is 9.90 Å². The van der Waals surface area contributed by atoms with Gasteiger partial charge in [0.1, 0.15) is 11.6 Å². The number of fused-ring (bicyclic) bond motifs is 2. The number of phenolic OH excluding ortho intramolecular Hbond substituents is 1. The van der Waals surface area contributed by atoms with Crippen molar-refractivity contribution in [3.8, 4) is 5.75 Å². The summed E-state index contributed by atoms with van der Waals surface area (Å²) < 4.78 is 2.13. The minimum Gasteiger partial charge on any atom is -0.508 e. The van der Waals surface area contributed by atoms with Gasteiger partial charge in [-0.05, 0) is 66.2 Å². The number of para-hydroxylation sites is 2. The van der Waals surface area contributed by atoms with Crippen LogP contribution in [0, 0.1) is 0 Å². The zero-order valence-corrected chi connectivity index (χ0v) is 24.4. The number of aromatic hydroxyl groups is 1. The standard InChI is InChI=1S/C35H35N7O2/c43-28-12-9-23(10-13-28)22-42-33(14-11-27-19-25-5-1-3-7-30(25)38-27)40-41-34(42)32(39-35(44)24-15-17-36-18-16-24)20-26-21-37-31-8-4-2-6-29(26)31/h1-10,12-13,15,19,21,32,36-38,43H,11,14,16-18,20,22H2,(H,39,44)/t32-/m1/s1. The number of benzene rings is 3. The third kappa shape index (κ3) is 5.87. The second-order valence-electron chi connectivity index (χ2n) is 11.4. The fourth-order valence-corrected chi connectivity index (χ4v) is 6.07. The van der Waals surface area contributed by atoms with E-state index in [-0.39, 0.29) is 11.7 Å². The molecular formula is C35H35N7O2. The van der Waals surface area contributed by atoms with Crippen LogP contribution < -0.4 is 10.6 Å². The molecule has 9 nitrogen and oxygen atoms in total. The maximum Gasteiger partial charge on any atom is 0.247 e. The lowest BCUT2D eigenvalue weighted by atomic mass is 10.0. The van der Waals surface area contributed by atoms with Gasteiger partial charge >= 0.3 is 0 Å². The van der Waals surface area contributed by atoms with Crippen LogP contribution in [0.1, 0.15) is 40.9 Å². The Hall–Kier alpha value is -5.15. The van der Waals surface area contributed by atoms with Gasteiger partial charge in [0.15, 0.2) is 5.82 Å². The molecule has 1 aliphatic heterocycles. The van der Waals surface area contributed by atoms with Crippen molar-refractivity contribution in [2.45, 2.75) is 38.3 Å². The summed E-state index contributed by atoms with van der Waals surface area (Å²) in [6, 6.07) is 25.4. The van der Waals surface area contributed by atoms with Gasteiger partial charge in [-0.3, -0.25) is 4.79 Å². The molecular weight excluding hydrogens is 550 g/mol. The fraction of sp³-hybridized carbons (Fsp3) is 0.229. The first kappa shape index (κ1) is 27.7. The largest absolute Gasteiger partial charge is 0.508 e. The number of aromatic amines is 2. The molecule has 1 amide bonds. The van der Waals surface area contributed by atoms with Crippen LogP contribution in [0.5, 0.6) is 5.75 Å². The van der Waals surface area contributed by atoms with Crippen LogP contribution in [0.4, 0.5) is 0 Å². The highest BCUT2D eigenvalue weighted by Gasteiger charge is 2.26. The zero-order valence-electron chi connectivity index (χ0n) is 24.4. The average Bonchev–Trinajstić information content (AvgIpc) is 3.78. The first-order valence-electron chi connectivity index (χ1n) is 15.1. The Balaban J connectivity index is 1.25. The highest BCUT2D eigenvalue weighted by molar-refractivity contribution is 5.94. The molecule has 6 aromatic rings. The van der Waals surface area contributed by atoms with Crippen molar-refractivity contribution >= 4 is 27.7 Å². The third-order valence-corrected chi connectivity index (χ3v) is 8.41. The molecule has 1 aliphatic rings. The monoisotopic (exact) mass is 585 g/mol. The zero-order chi connectivity index (χ0) is 29.9. The van der Waals surface area contributed by atoms with E-state index in [9.17, 15) is 9.90 Å². The van der Waals surface area contributed by atoms with Crippen molar-refractivity contribution in [3.63, 3.8) is 0 Å². The number of hydrogen-bond donors (Lipinski definition) is 5. The van der Waals surface area contributed by atoms with Crippen LogP contribution in [0.15, 0.2) is 96.7 Å². The summed E-state index contributed by atoms with van der Waals surface area (Å²) >= 11 is 0. The van der Waals surface area contributed by atoms with Gasteiger partial charge < -0.3 is 30.3 Å². The number of rotatable bonds is 10. The first-order chi connectivity index (χ1) is 21.6. The van der Waals surface area contributed by atoms with E-state index >= 15 is 0 Å². The molecule has 3 aromatic carbocycles. The van der Waals surface area contributed by atoms with E-state index in [1.165, 1.54) is 5.39 Å². The van der Waals surface area contributed by atoms with E-state index in [0.29, 0.717) is 38.2 Å². The second-order valence-corrected chi connectivity index (χ2v) is 11.4. The summed E-state index contributed by atoms with van der Waals surface area (Å²) in [7, 11) is 0. The topological polar surface area (TPSA) is 124 Å². The van der Waals surface area contributed by atoms with Gasteiger partial charge in [0.25, 0.3) is 0 Å². The highest BCUT2D eigenvalue weighted by Crippen LogP contribution is 2.26. The third-order valence-electron chi connectivity index (χ3n) is 8.41. The summed E-state index contributed by atoms with van der Waals surface area (Å²) in [6.45, 7) is 1.98. The number of amides is 1. The molecule has 0 spiro atoms. The molecule has 3 aromatic heterocycles. The predicted molar refractivity (Wildman–Crippen MR) is 171 cm³/mol. The molecule has 0 saturated carbocycles. The summed E-state index contributed by atoms with van der Waals surface area (Å²) in [5.41, 5.74) is 6.20. The summed E-state index contributed by atoms with van der Waals surface area (Å²) in [5, 5.41) is 28.3. The molecule has 7 rings (SSSR count). The normalized spacial score (nSPS) is 14.1. The SMILES string of the molecule is O=C(N[C@H](Cc1c[nH]c2ccccc12)c1nnc(CCc2cc3ccccc3[nH]2)n1Cc1ccc(O)cc1)C1=CCNCC1. The molecule has 0 saturated heterocycles. The van der Waals surface area contributed by atoms with Crippen molar-refractivity contribution in [2.24, 2.45) is 0 Å². The molecule has 0 fully saturated rings. The maximum absolute atomic E-state index is 13.6. The van der Waals surface area contributed by atoms with Gasteiger partial charge in [0.05, 0.1) is 12.6 Å². The minimum atomic E-state index is -0.413. The van der Waals surface area contributed by atoms with Crippen molar-refractivity contribution in [1.29, 1.82) is 0 Å². The number of hydrogen-bond acceptors (Lipinski definition) is 5. The molecule has 5 N–H and O–H groups in total. The average molecular weight is 586 g/mol. The summed E-state index contributed by atoms with van der Waals surface area (Å²) in [6.07, 6.45) is 6.66. The summed E-state index contributed by atoms with van der Waals surface area (Å²) in [4.78, 5) is 20.5. The van der Waals surface area contributed by atoms with E-state index in [2.05, 4.69) is 55.5 Å². The molecule has 44 heavy (non-hydrogen) atoms. The second kappa shape index (κ2) is 12.2. The lowest BCUT2D eigenvalue weighted by molar-refractivity contribution is -0.118. The number of nitrogens with one attached hydrogen (secondary N) is 4. The van der Waals surface area contributed by atoms with Crippen LogP contribution in [-0.4, -0.2) is 48.8 Å². The lowest BCUT2D eigenvalue weighted by Gasteiger charge is -2.22. The maximum atomic E-state index is 13.6. The van der Waals surface area contributed by atoms with Crippen molar-refractivity contribution in [3.05, 3.63) is 125 Å². The first-order valence-corrected chi connectivity index (χ1v) is 15.1. The number of nitrogens with zero attached hydrogens (tertiary/aromatic N) is 3. The van der Waals surface area contributed by atoms with Gasteiger partial charge in [0.2, 0.25) is 5.91 Å². The van der Waals surface area contributed by atoms with Crippen molar-refractivity contribution in [1.82, 2.24) is 35.4 Å². The molecule has 9 heteroatoms. The van der Waals surface area contributed by atoms with E-state index in [0.717, 1.165) is 57.6 Å². The fourth-order valence-electron chi connectivity index (χ4n) is 6.07.